The first-order valence-electron chi connectivity index (χ1n) is 12.1. The fourth-order valence-electron chi connectivity index (χ4n) is 4.61. The molecule has 0 radical (unpaired) electrons. The van der Waals surface area contributed by atoms with E-state index >= 15 is 0 Å². The van der Waals surface area contributed by atoms with E-state index in [-0.39, 0.29) is 4.91 Å². The molecule has 7 nitrogen and oxygen atoms in total. The molecule has 1 aliphatic rings. The number of nitrogens with one attached hydrogen (secondary N) is 1. The van der Waals surface area contributed by atoms with E-state index in [0.29, 0.717) is 22.8 Å². The molecule has 0 spiro atoms. The summed E-state index contributed by atoms with van der Waals surface area (Å²) < 4.78 is 2.10. The Labute approximate surface area is 234 Å². The van der Waals surface area contributed by atoms with Gasteiger partial charge in [-0.2, -0.15) is 5.26 Å². The third-order valence-corrected chi connectivity index (χ3v) is 7.81. The number of imide groups is 1. The quantitative estimate of drug-likeness (QED) is 0.274. The second-order valence-corrected chi connectivity index (χ2v) is 10.6. The molecule has 1 aliphatic heterocycles. The Hall–Kier alpha value is -4.32. The lowest BCUT2D eigenvalue weighted by atomic mass is 10.1. The summed E-state index contributed by atoms with van der Waals surface area (Å²) in [4.78, 5) is 39.9. The summed E-state index contributed by atoms with van der Waals surface area (Å²) in [6.07, 6.45) is 1.72. The van der Waals surface area contributed by atoms with Crippen LogP contribution < -0.4 is 5.32 Å². The number of carbonyl (C=O) groups is 3. The Kier molecular flexibility index (Phi) is 7.29. The molecule has 5 rings (SSSR count). The number of fused-ring (bicyclic) bond motifs is 1. The molecule has 1 aromatic heterocycles. The number of nitrogens with zero attached hydrogens (tertiary/aromatic N) is 3. The van der Waals surface area contributed by atoms with Crippen molar-refractivity contribution in [2.75, 3.05) is 11.9 Å². The highest BCUT2D eigenvalue weighted by Crippen LogP contribution is 2.36. The van der Waals surface area contributed by atoms with E-state index < -0.39 is 23.6 Å². The molecular formula is C30H23ClN4O3S. The fraction of sp³-hybridized carbons (Fsp3) is 0.133. The van der Waals surface area contributed by atoms with Gasteiger partial charge in [0.05, 0.1) is 16.5 Å². The summed E-state index contributed by atoms with van der Waals surface area (Å²) >= 11 is 6.84. The van der Waals surface area contributed by atoms with Crippen molar-refractivity contribution in [2.24, 2.45) is 0 Å². The summed E-state index contributed by atoms with van der Waals surface area (Å²) in [6, 6.07) is 22.6. The molecule has 0 unspecified atom stereocenters. The smallest absolute Gasteiger partial charge is 0.294 e. The average Bonchev–Trinajstić information content (AvgIpc) is 3.34. The maximum absolute atomic E-state index is 13.2. The van der Waals surface area contributed by atoms with Gasteiger partial charge in [0, 0.05) is 39.4 Å². The van der Waals surface area contributed by atoms with Crippen molar-refractivity contribution in [3.8, 4) is 6.07 Å². The number of benzene rings is 3. The largest absolute Gasteiger partial charge is 0.340 e. The van der Waals surface area contributed by atoms with Crippen LogP contribution in [0.15, 0.2) is 71.6 Å². The first-order chi connectivity index (χ1) is 18.8. The second kappa shape index (κ2) is 10.8. The van der Waals surface area contributed by atoms with Crippen molar-refractivity contribution >= 4 is 63.1 Å². The number of carbonyl (C=O) groups excluding carboxylic acids is 3. The number of rotatable bonds is 6. The first kappa shape index (κ1) is 26.3. The zero-order chi connectivity index (χ0) is 27.7. The summed E-state index contributed by atoms with van der Waals surface area (Å²) in [5.41, 5.74) is 5.47. The lowest BCUT2D eigenvalue weighted by molar-refractivity contribution is -0.127. The lowest BCUT2D eigenvalue weighted by Crippen LogP contribution is -2.36. The van der Waals surface area contributed by atoms with Crippen LogP contribution in [0.1, 0.15) is 27.9 Å². The number of amides is 3. The van der Waals surface area contributed by atoms with Crippen molar-refractivity contribution in [2.45, 2.75) is 20.4 Å². The van der Waals surface area contributed by atoms with Gasteiger partial charge >= 0.3 is 0 Å². The van der Waals surface area contributed by atoms with Gasteiger partial charge in [-0.15, -0.1) is 0 Å². The summed E-state index contributed by atoms with van der Waals surface area (Å²) in [7, 11) is 0. The number of nitriles is 1. The molecule has 0 saturated carbocycles. The minimum atomic E-state index is -0.519. The van der Waals surface area contributed by atoms with Gasteiger partial charge in [-0.3, -0.25) is 19.3 Å². The molecule has 0 bridgehead atoms. The standard InChI is InChI=1S/C30H23ClN4O3S/c1-18-11-12-22(31)13-25(18)33-28(36)17-35-29(37)27(39-30(35)38)14-24-19(2)34(26-10-6-5-9-23(24)26)16-21-8-4-3-7-20(21)15-32/h3-14H,16-17H2,1-2H3,(H,33,36)/b27-14-. The first-order valence-corrected chi connectivity index (χ1v) is 13.3. The number of para-hydroxylation sites is 1. The normalized spacial score (nSPS) is 14.3. The molecule has 0 atom stereocenters. The zero-order valence-corrected chi connectivity index (χ0v) is 22.8. The van der Waals surface area contributed by atoms with Gasteiger partial charge in [0.1, 0.15) is 6.54 Å². The van der Waals surface area contributed by atoms with Gasteiger partial charge in [0.15, 0.2) is 0 Å². The van der Waals surface area contributed by atoms with E-state index in [1.165, 1.54) is 0 Å². The fourth-order valence-corrected chi connectivity index (χ4v) is 5.60. The van der Waals surface area contributed by atoms with E-state index in [9.17, 15) is 19.6 Å². The van der Waals surface area contributed by atoms with Crippen molar-refractivity contribution < 1.29 is 14.4 Å². The molecule has 9 heteroatoms. The molecule has 1 fully saturated rings. The lowest BCUT2D eigenvalue weighted by Gasteiger charge is -2.13. The molecular weight excluding hydrogens is 532 g/mol. The second-order valence-electron chi connectivity index (χ2n) is 9.15. The maximum Gasteiger partial charge on any atom is 0.294 e. The monoisotopic (exact) mass is 554 g/mol. The molecule has 39 heavy (non-hydrogen) atoms. The van der Waals surface area contributed by atoms with Crippen LogP contribution in [0.5, 0.6) is 0 Å². The highest BCUT2D eigenvalue weighted by Gasteiger charge is 2.36. The van der Waals surface area contributed by atoms with Crippen molar-refractivity contribution in [3.05, 3.63) is 105 Å². The van der Waals surface area contributed by atoms with Crippen LogP contribution in [-0.2, 0) is 16.1 Å². The van der Waals surface area contributed by atoms with Gasteiger partial charge < -0.3 is 9.88 Å². The number of anilines is 1. The molecule has 3 amide bonds. The number of aryl methyl sites for hydroxylation is 1. The highest BCUT2D eigenvalue weighted by molar-refractivity contribution is 8.18. The van der Waals surface area contributed by atoms with Gasteiger partial charge in [0.2, 0.25) is 5.91 Å². The van der Waals surface area contributed by atoms with Crippen LogP contribution in [0.2, 0.25) is 5.02 Å². The Morgan fingerprint density at radius 1 is 1.08 bits per heavy atom. The Balaban J connectivity index is 1.43. The molecule has 4 aromatic rings. The van der Waals surface area contributed by atoms with Crippen molar-refractivity contribution in [1.82, 2.24) is 9.47 Å². The van der Waals surface area contributed by atoms with Crippen LogP contribution in [0.25, 0.3) is 17.0 Å². The van der Waals surface area contributed by atoms with Crippen LogP contribution in [0, 0.1) is 25.2 Å². The third-order valence-electron chi connectivity index (χ3n) is 6.67. The Bertz CT molecular complexity index is 1730. The molecule has 1 saturated heterocycles. The van der Waals surface area contributed by atoms with E-state index in [4.69, 9.17) is 11.6 Å². The van der Waals surface area contributed by atoms with E-state index in [1.54, 1.807) is 30.3 Å². The number of aromatic nitrogens is 1. The number of thioether (sulfide) groups is 1. The van der Waals surface area contributed by atoms with Crippen molar-refractivity contribution in [3.63, 3.8) is 0 Å². The van der Waals surface area contributed by atoms with Crippen LogP contribution in [0.3, 0.4) is 0 Å². The van der Waals surface area contributed by atoms with Gasteiger partial charge in [-0.1, -0.05) is 54.1 Å². The maximum atomic E-state index is 13.2. The van der Waals surface area contributed by atoms with E-state index in [0.717, 1.165) is 49.9 Å². The molecule has 0 aliphatic carbocycles. The van der Waals surface area contributed by atoms with Gasteiger partial charge in [0.25, 0.3) is 11.1 Å². The van der Waals surface area contributed by atoms with Crippen molar-refractivity contribution in [1.29, 1.82) is 5.26 Å². The predicted molar refractivity (Wildman–Crippen MR) is 154 cm³/mol. The number of hydrogen-bond acceptors (Lipinski definition) is 5. The van der Waals surface area contributed by atoms with Crippen LogP contribution >= 0.6 is 23.4 Å². The summed E-state index contributed by atoms with van der Waals surface area (Å²) in [5, 5.41) is 13.2. The minimum absolute atomic E-state index is 0.246. The number of halogens is 1. The highest BCUT2D eigenvalue weighted by atomic mass is 35.5. The molecule has 1 N–H and O–H groups in total. The molecule has 3 aromatic carbocycles. The van der Waals surface area contributed by atoms with E-state index in [2.05, 4.69) is 16.0 Å². The molecule has 194 valence electrons. The summed E-state index contributed by atoms with van der Waals surface area (Å²) in [5.74, 6) is -1.01. The Morgan fingerprint density at radius 3 is 2.62 bits per heavy atom. The van der Waals surface area contributed by atoms with E-state index in [1.807, 2.05) is 56.3 Å². The summed E-state index contributed by atoms with van der Waals surface area (Å²) in [6.45, 7) is 3.85. The van der Waals surface area contributed by atoms with Gasteiger partial charge in [-0.25, -0.2) is 0 Å². The molecule has 2 heterocycles. The van der Waals surface area contributed by atoms with Crippen LogP contribution in [-0.4, -0.2) is 33.1 Å². The van der Waals surface area contributed by atoms with Gasteiger partial charge in [-0.05, 0) is 67.1 Å². The predicted octanol–water partition coefficient (Wildman–Crippen LogP) is 6.51. The average molecular weight is 555 g/mol. The third kappa shape index (κ3) is 5.19. The SMILES string of the molecule is Cc1ccc(Cl)cc1NC(=O)CN1C(=O)S/C(=C\c2c(C)n(Cc3ccccc3C#N)c3ccccc23)C1=O. The zero-order valence-electron chi connectivity index (χ0n) is 21.2. The number of hydrogen-bond donors (Lipinski definition) is 1. The Morgan fingerprint density at radius 2 is 1.82 bits per heavy atom. The minimum Gasteiger partial charge on any atom is -0.340 e. The van der Waals surface area contributed by atoms with Crippen LogP contribution in [0.4, 0.5) is 10.5 Å². The topological polar surface area (TPSA) is 95.2 Å².